The van der Waals surface area contributed by atoms with Gasteiger partial charge in [0.1, 0.15) is 6.04 Å². The fraction of sp³-hybridized carbons (Fsp3) is 0.923. The first-order chi connectivity index (χ1) is 8.17. The standard InChI is InChI=1S/C13H26N2O2/c1-4-14-12(13(16)17-5-2)8-9-15(3)10-11-6-7-11/h11-12,14H,4-10H2,1-3H3. The summed E-state index contributed by atoms with van der Waals surface area (Å²) in [4.78, 5) is 14.0. The molecule has 0 bridgehead atoms. The summed E-state index contributed by atoms with van der Waals surface area (Å²) in [6.45, 7) is 7.24. The SMILES string of the molecule is CCNC(CCN(C)CC1CC1)C(=O)OCC. The molecular weight excluding hydrogens is 216 g/mol. The molecule has 0 amide bonds. The fourth-order valence-corrected chi connectivity index (χ4v) is 1.97. The summed E-state index contributed by atoms with van der Waals surface area (Å²) in [7, 11) is 2.13. The first-order valence-corrected chi connectivity index (χ1v) is 6.75. The van der Waals surface area contributed by atoms with Gasteiger partial charge in [0.05, 0.1) is 6.61 Å². The normalized spacial score (nSPS) is 17.2. The second-order valence-electron chi connectivity index (χ2n) is 4.86. The molecule has 0 heterocycles. The maximum absolute atomic E-state index is 11.7. The van der Waals surface area contributed by atoms with Crippen LogP contribution in [-0.4, -0.2) is 50.2 Å². The van der Waals surface area contributed by atoms with Gasteiger partial charge in [0.15, 0.2) is 0 Å². The third-order valence-electron chi connectivity index (χ3n) is 3.09. The number of ether oxygens (including phenoxy) is 1. The second kappa shape index (κ2) is 7.67. The van der Waals surface area contributed by atoms with E-state index in [1.165, 1.54) is 19.4 Å². The number of likely N-dealkylation sites (N-methyl/N-ethyl adjacent to an activating group) is 1. The molecule has 0 saturated heterocycles. The molecule has 0 aliphatic heterocycles. The van der Waals surface area contributed by atoms with Crippen molar-refractivity contribution >= 4 is 5.97 Å². The molecule has 0 aromatic carbocycles. The van der Waals surface area contributed by atoms with E-state index in [0.717, 1.165) is 25.4 Å². The topological polar surface area (TPSA) is 41.6 Å². The van der Waals surface area contributed by atoms with E-state index in [0.29, 0.717) is 6.61 Å². The molecule has 17 heavy (non-hydrogen) atoms. The third kappa shape index (κ3) is 6.03. The van der Waals surface area contributed by atoms with E-state index < -0.39 is 0 Å². The molecule has 0 aromatic heterocycles. The van der Waals surface area contributed by atoms with Crippen LogP contribution in [0.2, 0.25) is 0 Å². The van der Waals surface area contributed by atoms with Gasteiger partial charge >= 0.3 is 5.97 Å². The maximum Gasteiger partial charge on any atom is 0.323 e. The van der Waals surface area contributed by atoms with E-state index in [-0.39, 0.29) is 12.0 Å². The second-order valence-corrected chi connectivity index (χ2v) is 4.86. The summed E-state index contributed by atoms with van der Waals surface area (Å²) in [5.41, 5.74) is 0. The van der Waals surface area contributed by atoms with E-state index in [2.05, 4.69) is 17.3 Å². The minimum atomic E-state index is -0.151. The van der Waals surface area contributed by atoms with Crippen molar-refractivity contribution in [2.45, 2.75) is 39.2 Å². The molecule has 0 radical (unpaired) electrons. The predicted molar refractivity (Wildman–Crippen MR) is 68.9 cm³/mol. The number of carbonyl (C=O) groups is 1. The van der Waals surface area contributed by atoms with Crippen LogP contribution in [0.5, 0.6) is 0 Å². The summed E-state index contributed by atoms with van der Waals surface area (Å²) < 4.78 is 5.06. The van der Waals surface area contributed by atoms with Gasteiger partial charge in [-0.25, -0.2) is 0 Å². The fourth-order valence-electron chi connectivity index (χ4n) is 1.97. The van der Waals surface area contributed by atoms with E-state index >= 15 is 0 Å². The Hall–Kier alpha value is -0.610. The van der Waals surface area contributed by atoms with Gasteiger partial charge in [0, 0.05) is 6.54 Å². The maximum atomic E-state index is 11.7. The van der Waals surface area contributed by atoms with Crippen LogP contribution < -0.4 is 5.32 Å². The van der Waals surface area contributed by atoms with Crippen molar-refractivity contribution in [3.8, 4) is 0 Å². The quantitative estimate of drug-likeness (QED) is 0.618. The zero-order chi connectivity index (χ0) is 12.7. The zero-order valence-corrected chi connectivity index (χ0v) is 11.4. The largest absolute Gasteiger partial charge is 0.465 e. The van der Waals surface area contributed by atoms with Gasteiger partial charge in [-0.1, -0.05) is 6.92 Å². The molecule has 1 rings (SSSR count). The van der Waals surface area contributed by atoms with Gasteiger partial charge in [-0.15, -0.1) is 0 Å². The van der Waals surface area contributed by atoms with Crippen LogP contribution in [0.3, 0.4) is 0 Å². The lowest BCUT2D eigenvalue weighted by Gasteiger charge is -2.21. The Balaban J connectivity index is 2.23. The molecule has 1 unspecified atom stereocenters. The lowest BCUT2D eigenvalue weighted by molar-refractivity contribution is -0.145. The molecule has 1 aliphatic rings. The van der Waals surface area contributed by atoms with Crippen molar-refractivity contribution in [1.82, 2.24) is 10.2 Å². The Morgan fingerprint density at radius 2 is 2.18 bits per heavy atom. The van der Waals surface area contributed by atoms with E-state index in [9.17, 15) is 4.79 Å². The lowest BCUT2D eigenvalue weighted by Crippen LogP contribution is -2.40. The molecule has 100 valence electrons. The Bertz CT molecular complexity index is 229. The number of rotatable bonds is 9. The van der Waals surface area contributed by atoms with Crippen molar-refractivity contribution in [2.75, 3.05) is 33.3 Å². The zero-order valence-electron chi connectivity index (χ0n) is 11.4. The molecule has 1 atom stereocenters. The Morgan fingerprint density at radius 3 is 2.71 bits per heavy atom. The van der Waals surface area contributed by atoms with Crippen molar-refractivity contribution in [2.24, 2.45) is 5.92 Å². The van der Waals surface area contributed by atoms with Crippen LogP contribution in [0.15, 0.2) is 0 Å². The first kappa shape index (κ1) is 14.5. The third-order valence-corrected chi connectivity index (χ3v) is 3.09. The summed E-state index contributed by atoms with van der Waals surface area (Å²) in [6.07, 6.45) is 3.58. The molecule has 0 aromatic rings. The molecule has 0 spiro atoms. The van der Waals surface area contributed by atoms with Gasteiger partial charge < -0.3 is 15.0 Å². The highest BCUT2D eigenvalue weighted by molar-refractivity contribution is 5.75. The van der Waals surface area contributed by atoms with Crippen molar-refractivity contribution < 1.29 is 9.53 Å². The van der Waals surface area contributed by atoms with Gasteiger partial charge in [-0.2, -0.15) is 0 Å². The smallest absolute Gasteiger partial charge is 0.323 e. The van der Waals surface area contributed by atoms with E-state index in [1.54, 1.807) is 0 Å². The van der Waals surface area contributed by atoms with Crippen LogP contribution in [-0.2, 0) is 9.53 Å². The number of nitrogens with one attached hydrogen (secondary N) is 1. The highest BCUT2D eigenvalue weighted by atomic mass is 16.5. The Kier molecular flexibility index (Phi) is 6.52. The summed E-state index contributed by atoms with van der Waals surface area (Å²) in [6, 6.07) is -0.151. The molecule has 1 fully saturated rings. The number of hydrogen-bond donors (Lipinski definition) is 1. The van der Waals surface area contributed by atoms with Crippen LogP contribution in [0, 0.1) is 5.92 Å². The highest BCUT2D eigenvalue weighted by Crippen LogP contribution is 2.29. The Morgan fingerprint density at radius 1 is 1.47 bits per heavy atom. The molecule has 4 nitrogen and oxygen atoms in total. The van der Waals surface area contributed by atoms with E-state index in [1.807, 2.05) is 13.8 Å². The number of carbonyl (C=O) groups excluding carboxylic acids is 1. The highest BCUT2D eigenvalue weighted by Gasteiger charge is 2.24. The molecule has 4 heteroatoms. The van der Waals surface area contributed by atoms with Crippen LogP contribution in [0.1, 0.15) is 33.1 Å². The monoisotopic (exact) mass is 242 g/mol. The van der Waals surface area contributed by atoms with Gasteiger partial charge in [0.25, 0.3) is 0 Å². The van der Waals surface area contributed by atoms with Gasteiger partial charge in [0.2, 0.25) is 0 Å². The average Bonchev–Trinajstić information content (AvgIpc) is 3.08. The summed E-state index contributed by atoms with van der Waals surface area (Å²) in [5.74, 6) is 0.786. The Labute approximate surface area is 105 Å². The minimum absolute atomic E-state index is 0.117. The van der Waals surface area contributed by atoms with E-state index in [4.69, 9.17) is 4.74 Å². The molecule has 1 N–H and O–H groups in total. The summed E-state index contributed by atoms with van der Waals surface area (Å²) >= 11 is 0. The van der Waals surface area contributed by atoms with Crippen molar-refractivity contribution in [3.63, 3.8) is 0 Å². The van der Waals surface area contributed by atoms with Gasteiger partial charge in [-0.3, -0.25) is 4.79 Å². The lowest BCUT2D eigenvalue weighted by atomic mass is 10.2. The van der Waals surface area contributed by atoms with Crippen molar-refractivity contribution in [3.05, 3.63) is 0 Å². The number of esters is 1. The minimum Gasteiger partial charge on any atom is -0.465 e. The van der Waals surface area contributed by atoms with Gasteiger partial charge in [-0.05, 0) is 52.2 Å². The number of nitrogens with zero attached hydrogens (tertiary/aromatic N) is 1. The van der Waals surface area contributed by atoms with Crippen LogP contribution >= 0.6 is 0 Å². The van der Waals surface area contributed by atoms with Crippen molar-refractivity contribution in [1.29, 1.82) is 0 Å². The van der Waals surface area contributed by atoms with Crippen LogP contribution in [0.25, 0.3) is 0 Å². The average molecular weight is 242 g/mol. The molecular formula is C13H26N2O2. The number of hydrogen-bond acceptors (Lipinski definition) is 4. The summed E-state index contributed by atoms with van der Waals surface area (Å²) in [5, 5.41) is 3.19. The first-order valence-electron chi connectivity index (χ1n) is 6.75. The molecule has 1 aliphatic carbocycles. The molecule has 1 saturated carbocycles. The van der Waals surface area contributed by atoms with Crippen LogP contribution in [0.4, 0.5) is 0 Å². The predicted octanol–water partition coefficient (Wildman–Crippen LogP) is 1.26.